The predicted octanol–water partition coefficient (Wildman–Crippen LogP) is 2.36. The quantitative estimate of drug-likeness (QED) is 0.734. The number of benzene rings is 1. The van der Waals surface area contributed by atoms with Crippen LogP contribution in [0.1, 0.15) is 19.4 Å². The van der Waals surface area contributed by atoms with Crippen LogP contribution in [0.15, 0.2) is 24.3 Å². The second kappa shape index (κ2) is 4.74. The van der Waals surface area contributed by atoms with E-state index in [0.29, 0.717) is 0 Å². The molecule has 0 aliphatic carbocycles. The van der Waals surface area contributed by atoms with Crippen molar-refractivity contribution in [2.24, 2.45) is 0 Å². The van der Waals surface area contributed by atoms with Gasteiger partial charge in [0.15, 0.2) is 0 Å². The molecule has 2 nitrogen and oxygen atoms in total. The van der Waals surface area contributed by atoms with E-state index in [4.69, 9.17) is 4.74 Å². The average molecular weight is 230 g/mol. The minimum atomic E-state index is 0.914. The molecule has 90 valence electrons. The van der Waals surface area contributed by atoms with Crippen LogP contribution in [-0.2, 0) is 0 Å². The van der Waals surface area contributed by atoms with Crippen LogP contribution < -0.4 is 14.7 Å². The molecule has 0 aliphatic heterocycles. The third-order valence-corrected chi connectivity index (χ3v) is 3.36. The van der Waals surface area contributed by atoms with Gasteiger partial charge < -0.3 is 4.74 Å². The first-order valence-electron chi connectivity index (χ1n) is 6.20. The highest BCUT2D eigenvalue weighted by atomic mass is 16.5. The van der Waals surface area contributed by atoms with E-state index >= 15 is 0 Å². The summed E-state index contributed by atoms with van der Waals surface area (Å²) in [6, 6.07) is 8.31. The Bertz CT molecular complexity index is 521. The van der Waals surface area contributed by atoms with Gasteiger partial charge in [-0.1, -0.05) is 12.1 Å². The Morgan fingerprint density at radius 2 is 1.65 bits per heavy atom. The molecule has 0 atom stereocenters. The van der Waals surface area contributed by atoms with Gasteiger partial charge in [0.05, 0.1) is 12.7 Å². The summed E-state index contributed by atoms with van der Waals surface area (Å²) in [6.45, 7) is 8.75. The Morgan fingerprint density at radius 1 is 1.06 bits per heavy atom. The lowest BCUT2D eigenvalue weighted by molar-refractivity contribution is 0.415. The lowest BCUT2D eigenvalue weighted by Gasteiger charge is -1.98. The van der Waals surface area contributed by atoms with Gasteiger partial charge in [0, 0.05) is 5.56 Å². The largest absolute Gasteiger partial charge is 0.497 e. The first kappa shape index (κ1) is 11.9. The summed E-state index contributed by atoms with van der Waals surface area (Å²) in [6.07, 6.45) is 0. The molecule has 0 radical (unpaired) electrons. The molecule has 17 heavy (non-hydrogen) atoms. The minimum absolute atomic E-state index is 0.914. The van der Waals surface area contributed by atoms with Gasteiger partial charge >= 0.3 is 0 Å². The van der Waals surface area contributed by atoms with E-state index < -0.39 is 0 Å². The van der Waals surface area contributed by atoms with Crippen molar-refractivity contribution in [3.8, 4) is 16.9 Å². The molecule has 0 N–H and O–H groups in total. The van der Waals surface area contributed by atoms with Gasteiger partial charge in [0.2, 0.25) is 5.36 Å². The summed E-state index contributed by atoms with van der Waals surface area (Å²) in [5.74, 6) is 0.914. The zero-order valence-electron chi connectivity index (χ0n) is 11.1. The molecule has 0 saturated heterocycles. The first-order chi connectivity index (χ1) is 8.22. The monoisotopic (exact) mass is 230 g/mol. The molecular formula is C15H20NO+. The van der Waals surface area contributed by atoms with Crippen molar-refractivity contribution in [2.45, 2.75) is 20.8 Å². The number of hydrogen-bond acceptors (Lipinski definition) is 1. The van der Waals surface area contributed by atoms with E-state index in [2.05, 4.69) is 37.5 Å². The van der Waals surface area contributed by atoms with Gasteiger partial charge in [-0.3, -0.25) is 0 Å². The van der Waals surface area contributed by atoms with Crippen LogP contribution in [0.2, 0.25) is 0 Å². The van der Waals surface area contributed by atoms with Crippen molar-refractivity contribution in [3.05, 3.63) is 35.2 Å². The Labute approximate surface area is 103 Å². The molecule has 0 heterocycles. The van der Waals surface area contributed by atoms with Gasteiger partial charge in [-0.05, 0) is 38.5 Å². The number of rotatable bonds is 4. The van der Waals surface area contributed by atoms with Crippen LogP contribution in [0.3, 0.4) is 0 Å². The maximum atomic E-state index is 5.18. The fourth-order valence-corrected chi connectivity index (χ4v) is 2.31. The van der Waals surface area contributed by atoms with Gasteiger partial charge in [0.25, 0.3) is 0 Å². The van der Waals surface area contributed by atoms with E-state index in [1.54, 1.807) is 7.11 Å². The third kappa shape index (κ3) is 2.12. The Morgan fingerprint density at radius 3 is 2.12 bits per heavy atom. The summed E-state index contributed by atoms with van der Waals surface area (Å²) in [5, 5.41) is 1.43. The van der Waals surface area contributed by atoms with Crippen LogP contribution in [0.5, 0.6) is 5.75 Å². The molecule has 0 fully saturated rings. The zero-order valence-corrected chi connectivity index (χ0v) is 11.1. The second-order valence-electron chi connectivity index (χ2n) is 4.25. The van der Waals surface area contributed by atoms with Gasteiger partial charge in [-0.2, -0.15) is 0 Å². The Hall–Kier alpha value is -1.57. The van der Waals surface area contributed by atoms with Crippen molar-refractivity contribution in [2.75, 3.05) is 20.2 Å². The molecule has 2 aromatic carbocycles. The predicted molar refractivity (Wildman–Crippen MR) is 71.9 cm³/mol. The Kier molecular flexibility index (Phi) is 3.32. The maximum absolute atomic E-state index is 5.18. The summed E-state index contributed by atoms with van der Waals surface area (Å²) < 4.78 is 7.59. The molecule has 2 rings (SSSR count). The van der Waals surface area contributed by atoms with Crippen molar-refractivity contribution < 1.29 is 4.74 Å². The molecule has 0 aromatic heterocycles. The van der Waals surface area contributed by atoms with Crippen LogP contribution >= 0.6 is 0 Å². The molecule has 2 heteroatoms. The molecule has 2 aromatic rings. The number of ether oxygens (including phenoxy) is 1. The lowest BCUT2D eigenvalue weighted by atomic mass is 10.1. The number of hydrogen-bond donors (Lipinski definition) is 0. The average Bonchev–Trinajstić information content (AvgIpc) is 3.03. The van der Waals surface area contributed by atoms with E-state index in [1.165, 1.54) is 22.0 Å². The van der Waals surface area contributed by atoms with Crippen LogP contribution in [0, 0.1) is 6.92 Å². The van der Waals surface area contributed by atoms with Crippen molar-refractivity contribution >= 4 is 0 Å². The topological polar surface area (TPSA) is 12.2 Å². The highest BCUT2D eigenvalue weighted by molar-refractivity contribution is 5.75. The molecule has 0 bridgehead atoms. The zero-order chi connectivity index (χ0) is 12.4. The summed E-state index contributed by atoms with van der Waals surface area (Å²) in [5.41, 5.74) is 4.14. The molecule has 0 spiro atoms. The minimum Gasteiger partial charge on any atom is -0.497 e. The second-order valence-corrected chi connectivity index (χ2v) is 4.25. The van der Waals surface area contributed by atoms with Crippen molar-refractivity contribution in [3.63, 3.8) is 0 Å². The Balaban J connectivity index is 2.38. The van der Waals surface area contributed by atoms with E-state index in [9.17, 15) is 0 Å². The number of nitrogens with zero attached hydrogens (tertiary/aromatic N) is 1. The van der Waals surface area contributed by atoms with Gasteiger partial charge in [-0.15, -0.1) is 0 Å². The lowest BCUT2D eigenvalue weighted by Crippen LogP contribution is -2.24. The summed E-state index contributed by atoms with van der Waals surface area (Å²) in [7, 11) is 1.70. The molecule has 0 amide bonds. The molecule has 0 unspecified atom stereocenters. The highest BCUT2D eigenvalue weighted by Gasteiger charge is 2.25. The highest BCUT2D eigenvalue weighted by Crippen LogP contribution is 2.26. The first-order valence-corrected chi connectivity index (χ1v) is 6.20. The number of methoxy groups -OCH3 is 1. The maximum Gasteiger partial charge on any atom is 0.212 e. The molecule has 0 saturated carbocycles. The molecule has 0 aliphatic rings. The van der Waals surface area contributed by atoms with Gasteiger partial charge in [-0.25, -0.2) is 4.58 Å². The third-order valence-electron chi connectivity index (χ3n) is 3.36. The smallest absolute Gasteiger partial charge is 0.212 e. The van der Waals surface area contributed by atoms with Crippen molar-refractivity contribution in [1.82, 2.24) is 4.58 Å². The van der Waals surface area contributed by atoms with E-state index in [0.717, 1.165) is 18.8 Å². The van der Waals surface area contributed by atoms with Crippen LogP contribution in [0.4, 0.5) is 0 Å². The van der Waals surface area contributed by atoms with Crippen LogP contribution in [0.25, 0.3) is 11.1 Å². The van der Waals surface area contributed by atoms with Gasteiger partial charge in [0.1, 0.15) is 18.8 Å². The fraction of sp³-hybridized carbons (Fsp3) is 0.400. The standard InChI is InChI=1S/C15H20NO/c1-5-16(6-2)15-11(3)14(15)12-7-9-13(17-4)10-8-12/h7-10H,5-6H2,1-4H3/q+1. The normalized spacial score (nSPS) is 10.8. The SMILES string of the molecule is CC[N+](CC)=c1c(C)c1-c1ccc(OC)cc1. The fourth-order valence-electron chi connectivity index (χ4n) is 2.31. The van der Waals surface area contributed by atoms with E-state index in [-0.39, 0.29) is 0 Å². The summed E-state index contributed by atoms with van der Waals surface area (Å²) >= 11 is 0. The van der Waals surface area contributed by atoms with E-state index in [1.807, 2.05) is 12.1 Å². The molecular weight excluding hydrogens is 210 g/mol. The summed E-state index contributed by atoms with van der Waals surface area (Å²) in [4.78, 5) is 0. The van der Waals surface area contributed by atoms with Crippen molar-refractivity contribution in [1.29, 1.82) is 0 Å². The van der Waals surface area contributed by atoms with Crippen LogP contribution in [-0.4, -0.2) is 20.2 Å².